The smallest absolute Gasteiger partial charge is 0.309 e. The summed E-state index contributed by atoms with van der Waals surface area (Å²) >= 11 is 0. The van der Waals surface area contributed by atoms with E-state index in [9.17, 15) is 9.59 Å². The van der Waals surface area contributed by atoms with Gasteiger partial charge in [0.1, 0.15) is 0 Å². The zero-order chi connectivity index (χ0) is 16.8. The number of hydrogen-bond acceptors (Lipinski definition) is 4. The number of benzene rings is 2. The van der Waals surface area contributed by atoms with Crippen LogP contribution in [-0.4, -0.2) is 24.2 Å². The van der Waals surface area contributed by atoms with Crippen molar-refractivity contribution < 1.29 is 14.3 Å². The van der Waals surface area contributed by atoms with Crippen molar-refractivity contribution in [1.82, 2.24) is 5.43 Å². The zero-order valence-corrected chi connectivity index (χ0v) is 13.1. The Morgan fingerprint density at radius 3 is 2.00 bits per heavy atom. The van der Waals surface area contributed by atoms with Crippen molar-refractivity contribution in [2.45, 2.75) is 12.8 Å². The fourth-order valence-electron chi connectivity index (χ4n) is 2.21. The SMILES string of the molecule is O=C(COC(=O)C1CC1)NN=C(c1ccccc1)c1ccccc1. The van der Waals surface area contributed by atoms with E-state index in [1.165, 1.54) is 0 Å². The maximum atomic E-state index is 11.9. The summed E-state index contributed by atoms with van der Waals surface area (Å²) in [5, 5.41) is 4.23. The van der Waals surface area contributed by atoms with Crippen LogP contribution in [0, 0.1) is 5.92 Å². The lowest BCUT2D eigenvalue weighted by atomic mass is 10.0. The molecule has 0 spiro atoms. The van der Waals surface area contributed by atoms with Crippen LogP contribution in [0.5, 0.6) is 0 Å². The van der Waals surface area contributed by atoms with Gasteiger partial charge in [0.25, 0.3) is 5.91 Å². The highest BCUT2D eigenvalue weighted by Crippen LogP contribution is 2.29. The standard InChI is InChI=1S/C19H18N2O3/c22-17(13-24-19(23)16-11-12-16)20-21-18(14-7-3-1-4-8-14)15-9-5-2-6-10-15/h1-10,16H,11-13H2,(H,20,22). The molecule has 3 rings (SSSR count). The van der Waals surface area contributed by atoms with Gasteiger partial charge >= 0.3 is 5.97 Å². The summed E-state index contributed by atoms with van der Waals surface area (Å²) in [6, 6.07) is 19.2. The highest BCUT2D eigenvalue weighted by molar-refractivity contribution is 6.13. The zero-order valence-electron chi connectivity index (χ0n) is 13.1. The number of esters is 1. The molecule has 1 amide bonds. The van der Waals surface area contributed by atoms with Crippen LogP contribution >= 0.6 is 0 Å². The Labute approximate surface area is 140 Å². The van der Waals surface area contributed by atoms with Crippen molar-refractivity contribution in [1.29, 1.82) is 0 Å². The number of nitrogens with one attached hydrogen (secondary N) is 1. The Morgan fingerprint density at radius 1 is 0.958 bits per heavy atom. The molecule has 0 heterocycles. The van der Waals surface area contributed by atoms with Gasteiger partial charge in [0.15, 0.2) is 6.61 Å². The molecule has 0 radical (unpaired) electrons. The van der Waals surface area contributed by atoms with Gasteiger partial charge in [0.2, 0.25) is 0 Å². The van der Waals surface area contributed by atoms with E-state index in [0.29, 0.717) is 5.71 Å². The Hall–Kier alpha value is -2.95. The van der Waals surface area contributed by atoms with Gasteiger partial charge in [-0.05, 0) is 12.8 Å². The molecule has 0 unspecified atom stereocenters. The number of hydrazone groups is 1. The molecule has 0 atom stereocenters. The number of carbonyl (C=O) groups excluding carboxylic acids is 2. The lowest BCUT2D eigenvalue weighted by Gasteiger charge is -2.08. The first kappa shape index (κ1) is 15.9. The minimum absolute atomic E-state index is 0.0227. The van der Waals surface area contributed by atoms with Crippen LogP contribution < -0.4 is 5.43 Å². The minimum Gasteiger partial charge on any atom is -0.455 e. The summed E-state index contributed by atoms with van der Waals surface area (Å²) in [5.74, 6) is -0.778. The largest absolute Gasteiger partial charge is 0.455 e. The van der Waals surface area contributed by atoms with Gasteiger partial charge < -0.3 is 4.74 Å². The third-order valence-electron chi connectivity index (χ3n) is 3.64. The van der Waals surface area contributed by atoms with Gasteiger partial charge in [-0.25, -0.2) is 5.43 Å². The first-order chi connectivity index (χ1) is 11.7. The normalized spacial score (nSPS) is 13.0. The second-order valence-electron chi connectivity index (χ2n) is 5.61. The Kier molecular flexibility index (Phi) is 5.01. The maximum Gasteiger partial charge on any atom is 0.309 e. The summed E-state index contributed by atoms with van der Waals surface area (Å²) in [6.07, 6.45) is 1.70. The molecule has 24 heavy (non-hydrogen) atoms. The van der Waals surface area contributed by atoms with Crippen molar-refractivity contribution in [3.05, 3.63) is 71.8 Å². The van der Waals surface area contributed by atoms with Crippen molar-refractivity contribution in [3.63, 3.8) is 0 Å². The van der Waals surface area contributed by atoms with Crippen molar-refractivity contribution in [2.24, 2.45) is 11.0 Å². The molecule has 122 valence electrons. The molecule has 2 aromatic carbocycles. The van der Waals surface area contributed by atoms with Gasteiger partial charge in [-0.2, -0.15) is 5.10 Å². The van der Waals surface area contributed by atoms with E-state index >= 15 is 0 Å². The van der Waals surface area contributed by atoms with E-state index in [2.05, 4.69) is 10.5 Å². The first-order valence-electron chi connectivity index (χ1n) is 7.88. The molecule has 5 nitrogen and oxygen atoms in total. The Morgan fingerprint density at radius 2 is 1.50 bits per heavy atom. The monoisotopic (exact) mass is 322 g/mol. The van der Waals surface area contributed by atoms with Crippen LogP contribution in [-0.2, 0) is 14.3 Å². The lowest BCUT2D eigenvalue weighted by Crippen LogP contribution is -2.26. The lowest BCUT2D eigenvalue weighted by molar-refractivity contribution is -0.149. The molecular formula is C19H18N2O3. The van der Waals surface area contributed by atoms with E-state index in [1.807, 2.05) is 60.7 Å². The van der Waals surface area contributed by atoms with Gasteiger partial charge in [-0.1, -0.05) is 60.7 Å². The number of nitrogens with zero attached hydrogens (tertiary/aromatic N) is 1. The van der Waals surface area contributed by atoms with Crippen LogP contribution in [0.25, 0.3) is 0 Å². The van der Waals surface area contributed by atoms with Crippen LogP contribution in [0.2, 0.25) is 0 Å². The molecule has 1 fully saturated rings. The van der Waals surface area contributed by atoms with E-state index in [1.54, 1.807) is 0 Å². The molecule has 0 aromatic heterocycles. The molecule has 5 heteroatoms. The molecule has 1 N–H and O–H groups in total. The van der Waals surface area contributed by atoms with Gasteiger partial charge in [0.05, 0.1) is 11.6 Å². The minimum atomic E-state index is -0.451. The number of rotatable bonds is 6. The van der Waals surface area contributed by atoms with E-state index in [4.69, 9.17) is 4.74 Å². The van der Waals surface area contributed by atoms with Crippen molar-refractivity contribution in [2.75, 3.05) is 6.61 Å². The summed E-state index contributed by atoms with van der Waals surface area (Å²) in [6.45, 7) is -0.310. The average molecular weight is 322 g/mol. The molecule has 1 aliphatic rings. The van der Waals surface area contributed by atoms with E-state index in [0.717, 1.165) is 24.0 Å². The van der Waals surface area contributed by atoms with Crippen LogP contribution in [0.15, 0.2) is 65.8 Å². The molecular weight excluding hydrogens is 304 g/mol. The quantitative estimate of drug-likeness (QED) is 0.505. The number of ether oxygens (including phenoxy) is 1. The number of hydrogen-bond donors (Lipinski definition) is 1. The number of amides is 1. The molecule has 2 aromatic rings. The second-order valence-corrected chi connectivity index (χ2v) is 5.61. The van der Waals surface area contributed by atoms with Crippen LogP contribution in [0.1, 0.15) is 24.0 Å². The van der Waals surface area contributed by atoms with E-state index < -0.39 is 5.91 Å². The number of carbonyl (C=O) groups is 2. The second kappa shape index (κ2) is 7.55. The molecule has 1 aliphatic carbocycles. The highest BCUT2D eigenvalue weighted by atomic mass is 16.5. The third-order valence-corrected chi connectivity index (χ3v) is 3.64. The fourth-order valence-corrected chi connectivity index (χ4v) is 2.21. The summed E-state index contributed by atoms with van der Waals surface area (Å²) in [4.78, 5) is 23.3. The topological polar surface area (TPSA) is 67.8 Å². The predicted molar refractivity (Wildman–Crippen MR) is 90.3 cm³/mol. The average Bonchev–Trinajstić information content (AvgIpc) is 3.47. The van der Waals surface area contributed by atoms with Crippen LogP contribution in [0.3, 0.4) is 0 Å². The van der Waals surface area contributed by atoms with Gasteiger partial charge in [-0.3, -0.25) is 9.59 Å². The highest BCUT2D eigenvalue weighted by Gasteiger charge is 2.31. The van der Waals surface area contributed by atoms with E-state index in [-0.39, 0.29) is 18.5 Å². The summed E-state index contributed by atoms with van der Waals surface area (Å²) in [5.41, 5.74) is 4.89. The summed E-state index contributed by atoms with van der Waals surface area (Å²) < 4.78 is 4.95. The molecule has 0 bridgehead atoms. The maximum absolute atomic E-state index is 11.9. The van der Waals surface area contributed by atoms with Crippen LogP contribution in [0.4, 0.5) is 0 Å². The first-order valence-corrected chi connectivity index (χ1v) is 7.88. The fraction of sp³-hybridized carbons (Fsp3) is 0.211. The van der Waals surface area contributed by atoms with Crippen molar-refractivity contribution >= 4 is 17.6 Å². The van der Waals surface area contributed by atoms with Gasteiger partial charge in [0, 0.05) is 11.1 Å². The molecule has 1 saturated carbocycles. The van der Waals surface area contributed by atoms with Gasteiger partial charge in [-0.15, -0.1) is 0 Å². The molecule has 0 saturated heterocycles. The molecule has 0 aliphatic heterocycles. The van der Waals surface area contributed by atoms with Crippen molar-refractivity contribution in [3.8, 4) is 0 Å². The summed E-state index contributed by atoms with van der Waals surface area (Å²) in [7, 11) is 0. The Bertz CT molecular complexity index is 696. The Balaban J connectivity index is 1.69. The predicted octanol–water partition coefficient (Wildman–Crippen LogP) is 2.51. The third kappa shape index (κ3) is 4.29.